The molecule has 1 aromatic rings. The number of ether oxygens (including phenoxy) is 2. The van der Waals surface area contributed by atoms with Gasteiger partial charge in [0.25, 0.3) is 0 Å². The average molecular weight is 320 g/mol. The summed E-state index contributed by atoms with van der Waals surface area (Å²) >= 11 is 6.01. The zero-order valence-electron chi connectivity index (χ0n) is 11.5. The van der Waals surface area contributed by atoms with Gasteiger partial charge in [-0.25, -0.2) is 8.42 Å². The number of hydrogen-bond donors (Lipinski definition) is 0. The second-order valence-electron chi connectivity index (χ2n) is 4.60. The van der Waals surface area contributed by atoms with Gasteiger partial charge in [0, 0.05) is 24.5 Å². The second-order valence-corrected chi connectivity index (χ2v) is 7.12. The van der Waals surface area contributed by atoms with Crippen LogP contribution in [0.3, 0.4) is 0 Å². The zero-order chi connectivity index (χ0) is 14.8. The van der Waals surface area contributed by atoms with E-state index >= 15 is 0 Å². The van der Waals surface area contributed by atoms with Crippen LogP contribution >= 0.6 is 11.6 Å². The predicted octanol–water partition coefficient (Wildman–Crippen LogP) is 2.10. The Morgan fingerprint density at radius 3 is 2.40 bits per heavy atom. The van der Waals surface area contributed by atoms with Crippen molar-refractivity contribution in [1.82, 2.24) is 4.31 Å². The second kappa shape index (κ2) is 6.20. The van der Waals surface area contributed by atoms with Crippen molar-refractivity contribution in [3.8, 4) is 11.5 Å². The summed E-state index contributed by atoms with van der Waals surface area (Å²) in [6.07, 6.45) is 1.33. The molecule has 0 aliphatic carbocycles. The van der Waals surface area contributed by atoms with Crippen molar-refractivity contribution in [2.45, 2.75) is 23.1 Å². The third kappa shape index (κ3) is 3.02. The summed E-state index contributed by atoms with van der Waals surface area (Å²) in [6.45, 7) is 0.872. The van der Waals surface area contributed by atoms with Gasteiger partial charge in [0.05, 0.1) is 14.2 Å². The van der Waals surface area contributed by atoms with Gasteiger partial charge < -0.3 is 9.47 Å². The van der Waals surface area contributed by atoms with Crippen molar-refractivity contribution < 1.29 is 17.9 Å². The monoisotopic (exact) mass is 319 g/mol. The van der Waals surface area contributed by atoms with Crippen molar-refractivity contribution in [2.75, 3.05) is 27.3 Å². The highest BCUT2D eigenvalue weighted by molar-refractivity contribution is 7.89. The lowest BCUT2D eigenvalue weighted by molar-refractivity contribution is 0.345. The maximum atomic E-state index is 12.6. The molecule has 1 saturated heterocycles. The molecule has 1 aliphatic heterocycles. The average Bonchev–Trinajstić information content (AvgIpc) is 2.46. The Bertz CT molecular complexity index is 568. The van der Waals surface area contributed by atoms with Gasteiger partial charge in [-0.1, -0.05) is 0 Å². The summed E-state index contributed by atoms with van der Waals surface area (Å²) in [4.78, 5) is 0.161. The van der Waals surface area contributed by atoms with Crippen molar-refractivity contribution in [3.05, 3.63) is 18.2 Å². The lowest BCUT2D eigenvalue weighted by Crippen LogP contribution is -2.38. The van der Waals surface area contributed by atoms with E-state index in [1.165, 1.54) is 24.6 Å². The molecule has 0 radical (unpaired) electrons. The van der Waals surface area contributed by atoms with E-state index in [2.05, 4.69) is 0 Å². The van der Waals surface area contributed by atoms with Gasteiger partial charge in [-0.3, -0.25) is 0 Å². The molecule has 7 heteroatoms. The van der Waals surface area contributed by atoms with E-state index in [4.69, 9.17) is 21.1 Å². The molecule has 5 nitrogen and oxygen atoms in total. The smallest absolute Gasteiger partial charge is 0.246 e. The Labute approximate surface area is 124 Å². The molecule has 1 fully saturated rings. The van der Waals surface area contributed by atoms with Crippen LogP contribution in [0.25, 0.3) is 0 Å². The van der Waals surface area contributed by atoms with Crippen LogP contribution in [-0.4, -0.2) is 45.4 Å². The SMILES string of the molecule is COc1ccc(S(=O)(=O)N2CCC(Cl)CC2)c(OC)c1. The molecule has 0 unspecified atom stereocenters. The molecule has 2 rings (SSSR count). The molecule has 0 atom stereocenters. The molecule has 0 N–H and O–H groups in total. The van der Waals surface area contributed by atoms with Crippen LogP contribution in [0.2, 0.25) is 0 Å². The lowest BCUT2D eigenvalue weighted by atomic mass is 10.2. The summed E-state index contributed by atoms with van der Waals surface area (Å²) in [6, 6.07) is 4.70. The Balaban J connectivity index is 2.34. The van der Waals surface area contributed by atoms with Gasteiger partial charge in [-0.05, 0) is 25.0 Å². The van der Waals surface area contributed by atoms with E-state index in [1.54, 1.807) is 12.1 Å². The predicted molar refractivity (Wildman–Crippen MR) is 77.2 cm³/mol. The zero-order valence-corrected chi connectivity index (χ0v) is 13.1. The van der Waals surface area contributed by atoms with Crippen LogP contribution in [-0.2, 0) is 10.0 Å². The fourth-order valence-corrected chi connectivity index (χ4v) is 3.99. The summed E-state index contributed by atoms with van der Waals surface area (Å²) < 4.78 is 37.0. The Hall–Kier alpha value is -0.980. The van der Waals surface area contributed by atoms with Crippen molar-refractivity contribution >= 4 is 21.6 Å². The van der Waals surface area contributed by atoms with E-state index in [1.807, 2.05) is 0 Å². The number of methoxy groups -OCH3 is 2. The number of hydrogen-bond acceptors (Lipinski definition) is 4. The topological polar surface area (TPSA) is 55.8 Å². The van der Waals surface area contributed by atoms with Crippen LogP contribution < -0.4 is 9.47 Å². The number of benzene rings is 1. The molecule has 0 amide bonds. The van der Waals surface area contributed by atoms with Crippen LogP contribution in [0.5, 0.6) is 11.5 Å². The fourth-order valence-electron chi connectivity index (χ4n) is 2.19. The Kier molecular flexibility index (Phi) is 4.78. The molecule has 0 saturated carbocycles. The molecule has 0 spiro atoms. The summed E-state index contributed by atoms with van der Waals surface area (Å²) in [5, 5.41) is 0.0548. The van der Waals surface area contributed by atoms with Crippen LogP contribution in [0.1, 0.15) is 12.8 Å². The molecular weight excluding hydrogens is 302 g/mol. The van der Waals surface area contributed by atoms with Gasteiger partial charge in [0.15, 0.2) is 0 Å². The van der Waals surface area contributed by atoms with Gasteiger partial charge in [0.2, 0.25) is 10.0 Å². The minimum atomic E-state index is -3.56. The maximum absolute atomic E-state index is 12.6. The summed E-state index contributed by atoms with van der Waals surface area (Å²) in [7, 11) is -0.594. The maximum Gasteiger partial charge on any atom is 0.246 e. The Morgan fingerprint density at radius 1 is 1.20 bits per heavy atom. The first-order valence-corrected chi connectivity index (χ1v) is 8.23. The van der Waals surface area contributed by atoms with Crippen molar-refractivity contribution in [1.29, 1.82) is 0 Å². The minimum absolute atomic E-state index is 0.0548. The minimum Gasteiger partial charge on any atom is -0.497 e. The highest BCUT2D eigenvalue weighted by Gasteiger charge is 2.31. The molecule has 1 heterocycles. The quantitative estimate of drug-likeness (QED) is 0.797. The summed E-state index contributed by atoms with van der Waals surface area (Å²) in [5.41, 5.74) is 0. The van der Waals surface area contributed by atoms with Crippen molar-refractivity contribution in [3.63, 3.8) is 0 Å². The first-order valence-electron chi connectivity index (χ1n) is 6.35. The largest absolute Gasteiger partial charge is 0.497 e. The molecule has 1 aromatic carbocycles. The van der Waals surface area contributed by atoms with Crippen molar-refractivity contribution in [2.24, 2.45) is 0 Å². The molecule has 20 heavy (non-hydrogen) atoms. The molecule has 0 aromatic heterocycles. The van der Waals surface area contributed by atoms with E-state index in [0.29, 0.717) is 31.7 Å². The molecule has 0 bridgehead atoms. The number of piperidine rings is 1. The van der Waals surface area contributed by atoms with Crippen LogP contribution in [0.4, 0.5) is 0 Å². The third-order valence-electron chi connectivity index (χ3n) is 3.37. The molecule has 1 aliphatic rings. The number of sulfonamides is 1. The number of nitrogens with zero attached hydrogens (tertiary/aromatic N) is 1. The molecule has 112 valence electrons. The highest BCUT2D eigenvalue weighted by Crippen LogP contribution is 2.32. The number of halogens is 1. The van der Waals surface area contributed by atoms with Crippen LogP contribution in [0, 0.1) is 0 Å². The van der Waals surface area contributed by atoms with Gasteiger partial charge in [-0.2, -0.15) is 4.31 Å². The van der Waals surface area contributed by atoms with Gasteiger partial charge in [-0.15, -0.1) is 11.6 Å². The highest BCUT2D eigenvalue weighted by atomic mass is 35.5. The van der Waals surface area contributed by atoms with E-state index in [-0.39, 0.29) is 16.0 Å². The van der Waals surface area contributed by atoms with E-state index in [0.717, 1.165) is 0 Å². The number of alkyl halides is 1. The first-order chi connectivity index (χ1) is 9.48. The number of rotatable bonds is 4. The first kappa shape index (κ1) is 15.4. The summed E-state index contributed by atoms with van der Waals surface area (Å²) in [5.74, 6) is 0.845. The van der Waals surface area contributed by atoms with E-state index < -0.39 is 10.0 Å². The fraction of sp³-hybridized carbons (Fsp3) is 0.538. The van der Waals surface area contributed by atoms with Gasteiger partial charge >= 0.3 is 0 Å². The van der Waals surface area contributed by atoms with Crippen LogP contribution in [0.15, 0.2) is 23.1 Å². The Morgan fingerprint density at radius 2 is 1.85 bits per heavy atom. The van der Waals surface area contributed by atoms with E-state index in [9.17, 15) is 8.42 Å². The lowest BCUT2D eigenvalue weighted by Gasteiger charge is -2.28. The normalized spacial score (nSPS) is 17.9. The van der Waals surface area contributed by atoms with Gasteiger partial charge in [0.1, 0.15) is 16.4 Å². The third-order valence-corrected chi connectivity index (χ3v) is 5.75. The standard InChI is InChI=1S/C13H18ClNO4S/c1-18-11-3-4-13(12(9-11)19-2)20(16,17)15-7-5-10(14)6-8-15/h3-4,9-10H,5-8H2,1-2H3. The molecular formula is C13H18ClNO4S.